The Morgan fingerprint density at radius 3 is 2.42 bits per heavy atom. The number of benzene rings is 3. The Kier molecular flexibility index (Phi) is 7.01. The fourth-order valence-corrected chi connectivity index (χ4v) is 5.42. The van der Waals surface area contributed by atoms with E-state index in [1.165, 1.54) is 12.1 Å². The van der Waals surface area contributed by atoms with E-state index >= 15 is 0 Å². The van der Waals surface area contributed by atoms with E-state index in [1.807, 2.05) is 36.4 Å². The lowest BCUT2D eigenvalue weighted by molar-refractivity contribution is -0.116. The van der Waals surface area contributed by atoms with Crippen molar-refractivity contribution < 1.29 is 23.5 Å². The van der Waals surface area contributed by atoms with Gasteiger partial charge in [-0.25, -0.2) is 4.39 Å². The van der Waals surface area contributed by atoms with Crippen molar-refractivity contribution >= 4 is 17.4 Å². The smallest absolute Gasteiger partial charge is 0.254 e. The first kappa shape index (κ1) is 25.3. The molecule has 0 spiro atoms. The molecule has 0 aromatic heterocycles. The zero-order valence-electron chi connectivity index (χ0n) is 21.5. The summed E-state index contributed by atoms with van der Waals surface area (Å²) in [5.74, 6) is -0.679. The van der Waals surface area contributed by atoms with Crippen molar-refractivity contribution in [2.24, 2.45) is 0 Å². The van der Waals surface area contributed by atoms with Crippen LogP contribution >= 0.6 is 0 Å². The van der Waals surface area contributed by atoms with Crippen molar-refractivity contribution in [3.05, 3.63) is 112 Å². The summed E-state index contributed by atoms with van der Waals surface area (Å²) in [5, 5.41) is 6.06. The SMILES string of the molecule is COc1ccc([C@H]2C(C(=O)Nc3ccccc3F)=C(C)NC3=C2C(=O)C[C@H](c2ccccc2)C3)c(OC)c1. The largest absolute Gasteiger partial charge is 0.497 e. The molecule has 0 unspecified atom stereocenters. The molecule has 194 valence electrons. The normalized spacial score (nSPS) is 19.0. The predicted octanol–water partition coefficient (Wildman–Crippen LogP) is 5.84. The maximum Gasteiger partial charge on any atom is 0.254 e. The maximum absolute atomic E-state index is 14.4. The first-order valence-electron chi connectivity index (χ1n) is 12.5. The number of rotatable bonds is 6. The van der Waals surface area contributed by atoms with Crippen LogP contribution in [0.3, 0.4) is 0 Å². The molecule has 2 atom stereocenters. The molecule has 1 aliphatic carbocycles. The van der Waals surface area contributed by atoms with Crippen LogP contribution in [0, 0.1) is 5.82 Å². The quantitative estimate of drug-likeness (QED) is 0.434. The number of Topliss-reactive ketones (excluding diaryl/α,β-unsaturated/α-hetero) is 1. The molecule has 6 nitrogen and oxygen atoms in total. The summed E-state index contributed by atoms with van der Waals surface area (Å²) in [6.07, 6.45) is 0.945. The second-order valence-electron chi connectivity index (χ2n) is 9.47. The zero-order chi connectivity index (χ0) is 26.8. The van der Waals surface area contributed by atoms with E-state index in [0.29, 0.717) is 46.7 Å². The molecule has 3 aromatic rings. The number of nitrogens with one attached hydrogen (secondary N) is 2. The molecule has 0 bridgehead atoms. The Hall–Kier alpha value is -4.39. The van der Waals surface area contributed by atoms with Gasteiger partial charge in [0.2, 0.25) is 0 Å². The topological polar surface area (TPSA) is 76.7 Å². The van der Waals surface area contributed by atoms with Crippen molar-refractivity contribution in [2.45, 2.75) is 31.6 Å². The Balaban J connectivity index is 1.62. The summed E-state index contributed by atoms with van der Waals surface area (Å²) >= 11 is 0. The number of halogens is 1. The Morgan fingerprint density at radius 1 is 0.974 bits per heavy atom. The molecule has 3 aromatic carbocycles. The van der Waals surface area contributed by atoms with Gasteiger partial charge in [0.05, 0.1) is 25.8 Å². The fourth-order valence-electron chi connectivity index (χ4n) is 5.42. The first-order chi connectivity index (χ1) is 18.4. The lowest BCUT2D eigenvalue weighted by atomic mass is 9.71. The van der Waals surface area contributed by atoms with E-state index in [1.54, 1.807) is 45.4 Å². The molecule has 38 heavy (non-hydrogen) atoms. The highest BCUT2D eigenvalue weighted by Gasteiger charge is 2.42. The molecule has 5 rings (SSSR count). The van der Waals surface area contributed by atoms with Crippen molar-refractivity contribution in [3.8, 4) is 11.5 Å². The van der Waals surface area contributed by atoms with Crippen LogP contribution in [-0.2, 0) is 9.59 Å². The molecule has 7 heteroatoms. The lowest BCUT2D eigenvalue weighted by Crippen LogP contribution is -2.37. The number of carbonyl (C=O) groups excluding carboxylic acids is 2. The molecule has 0 radical (unpaired) electrons. The predicted molar refractivity (Wildman–Crippen MR) is 144 cm³/mol. The molecule has 2 N–H and O–H groups in total. The van der Waals surface area contributed by atoms with Crippen molar-refractivity contribution in [2.75, 3.05) is 19.5 Å². The number of ketones is 1. The highest BCUT2D eigenvalue weighted by molar-refractivity contribution is 6.10. The maximum atomic E-state index is 14.4. The molecule has 1 amide bonds. The van der Waals surface area contributed by atoms with Crippen LogP contribution in [0.15, 0.2) is 95.3 Å². The number of methoxy groups -OCH3 is 2. The van der Waals surface area contributed by atoms with E-state index in [9.17, 15) is 14.0 Å². The van der Waals surface area contributed by atoms with Crippen LogP contribution in [0.2, 0.25) is 0 Å². The van der Waals surface area contributed by atoms with E-state index in [4.69, 9.17) is 9.47 Å². The van der Waals surface area contributed by atoms with Crippen LogP contribution in [0.25, 0.3) is 0 Å². The monoisotopic (exact) mass is 512 g/mol. The highest BCUT2D eigenvalue weighted by atomic mass is 19.1. The Bertz CT molecular complexity index is 1460. The van der Waals surface area contributed by atoms with Gasteiger partial charge in [-0.05, 0) is 43.0 Å². The summed E-state index contributed by atoms with van der Waals surface area (Å²) in [6, 6.07) is 21.3. The molecule has 1 heterocycles. The van der Waals surface area contributed by atoms with Gasteiger partial charge in [0, 0.05) is 40.6 Å². The third-order valence-corrected chi connectivity index (χ3v) is 7.22. The third kappa shape index (κ3) is 4.67. The number of hydrogen-bond acceptors (Lipinski definition) is 5. The van der Waals surface area contributed by atoms with E-state index in [2.05, 4.69) is 10.6 Å². The second-order valence-corrected chi connectivity index (χ2v) is 9.47. The van der Waals surface area contributed by atoms with Gasteiger partial charge in [-0.1, -0.05) is 48.5 Å². The summed E-state index contributed by atoms with van der Waals surface area (Å²) in [6.45, 7) is 1.81. The van der Waals surface area contributed by atoms with Crippen LogP contribution in [-0.4, -0.2) is 25.9 Å². The zero-order valence-corrected chi connectivity index (χ0v) is 21.5. The van der Waals surface area contributed by atoms with Gasteiger partial charge >= 0.3 is 0 Å². The third-order valence-electron chi connectivity index (χ3n) is 7.22. The molecular formula is C31H29FN2O4. The molecule has 1 aliphatic heterocycles. The summed E-state index contributed by atoms with van der Waals surface area (Å²) < 4.78 is 25.5. The van der Waals surface area contributed by atoms with E-state index in [0.717, 1.165) is 11.3 Å². The number of amides is 1. The standard InChI is InChI=1S/C31H29FN2O4/c1-18-28(31(36)34-24-12-8-7-11-23(24)32)29(22-14-13-21(37-2)17-27(22)38-3)30-25(33-18)15-20(16-26(30)35)19-9-5-4-6-10-19/h4-14,17,20,29,33H,15-16H2,1-3H3,(H,34,36)/t20-,29+/m1/s1. The minimum atomic E-state index is -0.705. The van der Waals surface area contributed by atoms with Gasteiger partial charge in [0.25, 0.3) is 5.91 Å². The molecule has 2 aliphatic rings. The summed E-state index contributed by atoms with van der Waals surface area (Å²) in [4.78, 5) is 27.6. The van der Waals surface area contributed by atoms with Gasteiger partial charge in [-0.3, -0.25) is 9.59 Å². The number of para-hydroxylation sites is 1. The summed E-state index contributed by atoms with van der Waals surface area (Å²) in [7, 11) is 3.10. The van der Waals surface area contributed by atoms with Crippen LogP contribution < -0.4 is 20.1 Å². The van der Waals surface area contributed by atoms with Crippen molar-refractivity contribution in [1.82, 2.24) is 5.32 Å². The first-order valence-corrected chi connectivity index (χ1v) is 12.5. The number of allylic oxidation sites excluding steroid dienone is 3. The molecule has 0 saturated carbocycles. The number of dihydropyridines is 1. The Morgan fingerprint density at radius 2 is 1.71 bits per heavy atom. The second kappa shape index (κ2) is 10.5. The molecular weight excluding hydrogens is 483 g/mol. The minimum absolute atomic E-state index is 0.0231. The molecule has 0 fully saturated rings. The van der Waals surface area contributed by atoms with Crippen molar-refractivity contribution in [1.29, 1.82) is 0 Å². The van der Waals surface area contributed by atoms with Gasteiger partial charge in [0.1, 0.15) is 17.3 Å². The number of hydrogen-bond donors (Lipinski definition) is 2. The van der Waals surface area contributed by atoms with E-state index in [-0.39, 0.29) is 17.4 Å². The number of anilines is 1. The average molecular weight is 513 g/mol. The fraction of sp³-hybridized carbons (Fsp3) is 0.226. The highest BCUT2D eigenvalue weighted by Crippen LogP contribution is 2.48. The average Bonchev–Trinajstić information content (AvgIpc) is 2.93. The summed E-state index contributed by atoms with van der Waals surface area (Å²) in [5.41, 5.74) is 4.08. The van der Waals surface area contributed by atoms with Crippen molar-refractivity contribution in [3.63, 3.8) is 0 Å². The van der Waals surface area contributed by atoms with Crippen LogP contribution in [0.4, 0.5) is 10.1 Å². The van der Waals surface area contributed by atoms with Crippen LogP contribution in [0.5, 0.6) is 11.5 Å². The Labute approximate surface area is 221 Å². The van der Waals surface area contributed by atoms with Gasteiger partial charge in [-0.2, -0.15) is 0 Å². The van der Waals surface area contributed by atoms with Gasteiger partial charge < -0.3 is 20.1 Å². The van der Waals surface area contributed by atoms with E-state index < -0.39 is 17.6 Å². The van der Waals surface area contributed by atoms with Gasteiger partial charge in [-0.15, -0.1) is 0 Å². The lowest BCUT2D eigenvalue weighted by Gasteiger charge is -2.37. The number of carbonyl (C=O) groups is 2. The van der Waals surface area contributed by atoms with Crippen LogP contribution in [0.1, 0.15) is 42.7 Å². The molecule has 0 saturated heterocycles. The van der Waals surface area contributed by atoms with Gasteiger partial charge in [0.15, 0.2) is 5.78 Å². The number of ether oxygens (including phenoxy) is 2. The minimum Gasteiger partial charge on any atom is -0.497 e.